The number of carbonyl (C=O) groups is 2. The molecule has 1 aliphatic carbocycles. The Balaban J connectivity index is 1.78. The molecular weight excluding hydrogens is 320 g/mol. The summed E-state index contributed by atoms with van der Waals surface area (Å²) in [7, 11) is 0. The number of halogens is 1. The van der Waals surface area contributed by atoms with Gasteiger partial charge in [0.1, 0.15) is 0 Å². The van der Waals surface area contributed by atoms with Gasteiger partial charge in [0.15, 0.2) is 0 Å². The summed E-state index contributed by atoms with van der Waals surface area (Å²) in [5.74, 6) is -0.356. The molecule has 20 heavy (non-hydrogen) atoms. The lowest BCUT2D eigenvalue weighted by atomic mass is 10.0. The van der Waals surface area contributed by atoms with Gasteiger partial charge in [-0.15, -0.1) is 0 Å². The van der Waals surface area contributed by atoms with Crippen LogP contribution in [0.4, 0.5) is 0 Å². The number of nitrogens with one attached hydrogen (secondary N) is 1. The molecule has 4 rings (SSSR count). The fourth-order valence-corrected chi connectivity index (χ4v) is 4.31. The zero-order chi connectivity index (χ0) is 13.9. The van der Waals surface area contributed by atoms with Crippen molar-refractivity contribution in [2.45, 2.75) is 24.9 Å². The van der Waals surface area contributed by atoms with Crippen molar-refractivity contribution in [1.29, 1.82) is 0 Å². The molecule has 2 atom stereocenters. The Morgan fingerprint density at radius 3 is 2.40 bits per heavy atom. The minimum Gasteiger partial charge on any atom is -0.311 e. The summed E-state index contributed by atoms with van der Waals surface area (Å²) in [4.78, 5) is 26.5. The van der Waals surface area contributed by atoms with Gasteiger partial charge in [-0.1, -0.05) is 33.6 Å². The molecule has 4 nitrogen and oxygen atoms in total. The van der Waals surface area contributed by atoms with Gasteiger partial charge in [0.2, 0.25) is 0 Å². The number of amides is 2. The van der Waals surface area contributed by atoms with E-state index in [4.69, 9.17) is 0 Å². The number of hydrogen-bond acceptors (Lipinski definition) is 3. The first-order valence-corrected chi connectivity index (χ1v) is 7.55. The Bertz CT molecular complexity index is 633. The van der Waals surface area contributed by atoms with Crippen LogP contribution in [-0.4, -0.2) is 35.3 Å². The van der Waals surface area contributed by atoms with Crippen molar-refractivity contribution >= 4 is 27.7 Å². The average molecular weight is 333 g/mol. The smallest absolute Gasteiger partial charge is 0.262 e. The van der Waals surface area contributed by atoms with Crippen LogP contribution in [0.1, 0.15) is 33.6 Å². The van der Waals surface area contributed by atoms with Gasteiger partial charge in [-0.05, 0) is 31.5 Å². The van der Waals surface area contributed by atoms with Crippen molar-refractivity contribution in [3.05, 3.63) is 45.4 Å². The predicted molar refractivity (Wildman–Crippen MR) is 77.7 cm³/mol. The van der Waals surface area contributed by atoms with Crippen molar-refractivity contribution in [3.8, 4) is 0 Å². The molecule has 0 aromatic heterocycles. The summed E-state index contributed by atoms with van der Waals surface area (Å²) in [5, 5.41) is 3.42. The van der Waals surface area contributed by atoms with E-state index in [2.05, 4.69) is 21.2 Å². The van der Waals surface area contributed by atoms with E-state index >= 15 is 0 Å². The normalized spacial score (nSPS) is 28.4. The van der Waals surface area contributed by atoms with Gasteiger partial charge in [-0.2, -0.15) is 0 Å². The number of benzene rings is 1. The summed E-state index contributed by atoms with van der Waals surface area (Å²) in [6.07, 6.45) is 1.90. The SMILES string of the molecule is O=C1c2ccccc2C(=O)N1C1C(Br)=C2CCNC1C2. The third-order valence-electron chi connectivity index (χ3n) is 4.38. The highest BCUT2D eigenvalue weighted by atomic mass is 79.9. The van der Waals surface area contributed by atoms with E-state index < -0.39 is 0 Å². The van der Waals surface area contributed by atoms with E-state index in [9.17, 15) is 9.59 Å². The summed E-state index contributed by atoms with van der Waals surface area (Å²) in [6, 6.07) is 7.00. The molecule has 3 aliphatic rings. The first-order valence-electron chi connectivity index (χ1n) is 6.76. The van der Waals surface area contributed by atoms with Crippen LogP contribution in [0.3, 0.4) is 0 Å². The Labute approximate surface area is 125 Å². The minimum atomic E-state index is -0.195. The first-order chi connectivity index (χ1) is 9.68. The standard InChI is InChI=1S/C15H13BrN2O2/c16-12-8-5-6-17-11(7-8)13(12)18-14(19)9-3-1-2-4-10(9)15(18)20/h1-4,11,13,17H,5-7H2. The van der Waals surface area contributed by atoms with E-state index in [1.54, 1.807) is 24.3 Å². The molecule has 0 saturated carbocycles. The summed E-state index contributed by atoms with van der Waals surface area (Å²) in [6.45, 7) is 0.911. The molecule has 2 amide bonds. The third-order valence-corrected chi connectivity index (χ3v) is 5.41. The molecule has 0 spiro atoms. The molecule has 1 fully saturated rings. The van der Waals surface area contributed by atoms with Gasteiger partial charge in [-0.3, -0.25) is 14.5 Å². The second-order valence-corrected chi connectivity index (χ2v) is 6.29. The van der Waals surface area contributed by atoms with Gasteiger partial charge in [0.05, 0.1) is 17.2 Å². The number of nitrogens with zero attached hydrogens (tertiary/aromatic N) is 1. The molecule has 1 aromatic carbocycles. The van der Waals surface area contributed by atoms with E-state index in [1.165, 1.54) is 10.5 Å². The van der Waals surface area contributed by atoms with Crippen molar-refractivity contribution in [2.75, 3.05) is 6.54 Å². The maximum Gasteiger partial charge on any atom is 0.262 e. The fourth-order valence-electron chi connectivity index (χ4n) is 3.43. The van der Waals surface area contributed by atoms with E-state index in [1.807, 2.05) is 0 Å². The van der Waals surface area contributed by atoms with E-state index in [0.717, 1.165) is 23.9 Å². The average Bonchev–Trinajstić information content (AvgIpc) is 2.85. The molecule has 2 unspecified atom stereocenters. The van der Waals surface area contributed by atoms with Crippen molar-refractivity contribution < 1.29 is 9.59 Å². The lowest BCUT2D eigenvalue weighted by molar-refractivity contribution is 0.0592. The molecule has 1 aromatic rings. The number of piperidine rings is 1. The Morgan fingerprint density at radius 2 is 1.80 bits per heavy atom. The van der Waals surface area contributed by atoms with Crippen LogP contribution in [0, 0.1) is 0 Å². The van der Waals surface area contributed by atoms with Gasteiger partial charge >= 0.3 is 0 Å². The van der Waals surface area contributed by atoms with E-state index in [0.29, 0.717) is 11.1 Å². The molecule has 1 N–H and O–H groups in total. The summed E-state index contributed by atoms with van der Waals surface area (Å²) in [5.41, 5.74) is 2.36. The van der Waals surface area contributed by atoms with Crippen molar-refractivity contribution in [2.24, 2.45) is 0 Å². The summed E-state index contributed by atoms with van der Waals surface area (Å²) < 4.78 is 1.02. The van der Waals surface area contributed by atoms with Crippen molar-refractivity contribution in [3.63, 3.8) is 0 Å². The molecular formula is C15H13BrN2O2. The second-order valence-electron chi connectivity index (χ2n) is 5.44. The van der Waals surface area contributed by atoms with Gasteiger partial charge in [0, 0.05) is 10.5 Å². The first kappa shape index (κ1) is 12.3. The Kier molecular flexibility index (Phi) is 2.62. The third kappa shape index (κ3) is 1.50. The van der Waals surface area contributed by atoms with Crippen LogP contribution >= 0.6 is 15.9 Å². The van der Waals surface area contributed by atoms with Crippen LogP contribution in [0.2, 0.25) is 0 Å². The monoisotopic (exact) mass is 332 g/mol. The Hall–Kier alpha value is -1.46. The maximum absolute atomic E-state index is 12.6. The number of rotatable bonds is 1. The van der Waals surface area contributed by atoms with Crippen LogP contribution in [0.5, 0.6) is 0 Å². The number of imide groups is 1. The zero-order valence-corrected chi connectivity index (χ0v) is 12.3. The molecule has 0 radical (unpaired) electrons. The lowest BCUT2D eigenvalue weighted by Gasteiger charge is -2.29. The van der Waals surface area contributed by atoms with Crippen LogP contribution in [-0.2, 0) is 0 Å². The largest absolute Gasteiger partial charge is 0.311 e. The minimum absolute atomic E-state index is 0.148. The maximum atomic E-state index is 12.6. The molecule has 102 valence electrons. The highest BCUT2D eigenvalue weighted by molar-refractivity contribution is 9.11. The van der Waals surface area contributed by atoms with Crippen LogP contribution in [0.15, 0.2) is 34.3 Å². The van der Waals surface area contributed by atoms with Gasteiger partial charge in [-0.25, -0.2) is 0 Å². The number of hydrogen-bond donors (Lipinski definition) is 1. The zero-order valence-electron chi connectivity index (χ0n) is 10.7. The molecule has 2 heterocycles. The molecule has 2 bridgehead atoms. The Morgan fingerprint density at radius 1 is 1.15 bits per heavy atom. The van der Waals surface area contributed by atoms with Crippen molar-refractivity contribution in [1.82, 2.24) is 10.2 Å². The number of carbonyl (C=O) groups excluding carboxylic acids is 2. The number of fused-ring (bicyclic) bond motifs is 3. The predicted octanol–water partition coefficient (Wildman–Crippen LogP) is 2.07. The highest BCUT2D eigenvalue weighted by Crippen LogP contribution is 2.41. The second kappa shape index (κ2) is 4.27. The molecule has 5 heteroatoms. The van der Waals surface area contributed by atoms with Gasteiger partial charge < -0.3 is 5.32 Å². The lowest BCUT2D eigenvalue weighted by Crippen LogP contribution is -2.50. The van der Waals surface area contributed by atoms with Gasteiger partial charge in [0.25, 0.3) is 11.8 Å². The quantitative estimate of drug-likeness (QED) is 0.801. The summed E-state index contributed by atoms with van der Waals surface area (Å²) >= 11 is 3.62. The van der Waals surface area contributed by atoms with Crippen LogP contribution < -0.4 is 5.32 Å². The van der Waals surface area contributed by atoms with E-state index in [-0.39, 0.29) is 23.9 Å². The molecule has 1 saturated heterocycles. The van der Waals surface area contributed by atoms with Crippen LogP contribution in [0.25, 0.3) is 0 Å². The topological polar surface area (TPSA) is 49.4 Å². The highest BCUT2D eigenvalue weighted by Gasteiger charge is 2.47. The fraction of sp³-hybridized carbons (Fsp3) is 0.333. The molecule has 2 aliphatic heterocycles.